The van der Waals surface area contributed by atoms with Gasteiger partial charge in [0.15, 0.2) is 0 Å². The van der Waals surface area contributed by atoms with Gasteiger partial charge in [0, 0.05) is 12.4 Å². The van der Waals surface area contributed by atoms with Crippen LogP contribution in [0.15, 0.2) is 46.4 Å². The van der Waals surface area contributed by atoms with Crippen LogP contribution in [0.25, 0.3) is 0 Å². The van der Waals surface area contributed by atoms with Crippen LogP contribution in [0.3, 0.4) is 0 Å². The van der Waals surface area contributed by atoms with E-state index in [1.54, 1.807) is 24.3 Å². The Morgan fingerprint density at radius 1 is 0.800 bits per heavy atom. The van der Waals surface area contributed by atoms with Gasteiger partial charge in [-0.15, -0.1) is 0 Å². The van der Waals surface area contributed by atoms with Crippen LogP contribution in [0.5, 0.6) is 23.0 Å². The van der Waals surface area contributed by atoms with Gasteiger partial charge in [-0.1, -0.05) is 23.6 Å². The average Bonchev–Trinajstić information content (AvgIpc) is 2.60. The first-order valence-corrected chi connectivity index (χ1v) is 7.34. The Bertz CT molecular complexity index is 684. The third kappa shape index (κ3) is 6.12. The minimum Gasteiger partial charge on any atom is -0.872 e. The summed E-state index contributed by atoms with van der Waals surface area (Å²) in [5, 5.41) is 23.5. The zero-order valence-corrected chi connectivity index (χ0v) is 14.9. The maximum Gasteiger partial charge on any atom is 2.00 e. The molecule has 0 radical (unpaired) electrons. The molecule has 2 aromatic carbocycles. The SMILES string of the molecule is COc1ccc(C=NCCN=Cc2ccc(OC)cc2[O-])c([O-])c1.[Ni+2]. The van der Waals surface area contributed by atoms with Crippen molar-refractivity contribution in [2.75, 3.05) is 27.3 Å². The monoisotopic (exact) mass is 384 g/mol. The molecule has 2 rings (SSSR count). The maximum absolute atomic E-state index is 11.7. The molecule has 0 saturated heterocycles. The number of rotatable bonds is 7. The molecule has 0 spiro atoms. The number of benzene rings is 2. The predicted octanol–water partition coefficient (Wildman–Crippen LogP) is 1.39. The van der Waals surface area contributed by atoms with E-state index in [2.05, 4.69) is 9.98 Å². The molecule has 0 atom stereocenters. The van der Waals surface area contributed by atoms with Gasteiger partial charge in [-0.05, 0) is 35.4 Å². The van der Waals surface area contributed by atoms with Crippen LogP contribution < -0.4 is 19.7 Å². The van der Waals surface area contributed by atoms with Crippen LogP contribution in [0.2, 0.25) is 0 Å². The number of hydrogen-bond acceptors (Lipinski definition) is 6. The Kier molecular flexibility index (Phi) is 8.50. The van der Waals surface area contributed by atoms with E-state index in [4.69, 9.17) is 9.47 Å². The summed E-state index contributed by atoms with van der Waals surface area (Å²) in [5.41, 5.74) is 0.994. The molecule has 25 heavy (non-hydrogen) atoms. The molecule has 0 saturated carbocycles. The quantitative estimate of drug-likeness (QED) is 0.409. The average molecular weight is 385 g/mol. The van der Waals surface area contributed by atoms with Crippen LogP contribution in [-0.4, -0.2) is 39.7 Å². The molecular weight excluding hydrogens is 367 g/mol. The van der Waals surface area contributed by atoms with Crippen molar-refractivity contribution < 1.29 is 36.2 Å². The van der Waals surface area contributed by atoms with Crippen molar-refractivity contribution in [2.24, 2.45) is 9.98 Å². The van der Waals surface area contributed by atoms with Crippen molar-refractivity contribution >= 4 is 12.4 Å². The van der Waals surface area contributed by atoms with Crippen molar-refractivity contribution in [1.82, 2.24) is 0 Å². The Morgan fingerprint density at radius 2 is 1.20 bits per heavy atom. The Labute approximate surface area is 156 Å². The van der Waals surface area contributed by atoms with Gasteiger partial charge in [0.1, 0.15) is 11.5 Å². The van der Waals surface area contributed by atoms with Crippen LogP contribution in [-0.2, 0) is 16.5 Å². The second-order valence-electron chi connectivity index (χ2n) is 4.88. The summed E-state index contributed by atoms with van der Waals surface area (Å²) in [7, 11) is 3.02. The molecule has 0 aliphatic rings. The normalized spacial score (nSPS) is 10.8. The summed E-state index contributed by atoms with van der Waals surface area (Å²) < 4.78 is 9.95. The molecule has 134 valence electrons. The molecule has 2 aromatic rings. The summed E-state index contributed by atoms with van der Waals surface area (Å²) in [6, 6.07) is 9.57. The molecule has 0 aliphatic heterocycles. The minimum absolute atomic E-state index is 0. The fraction of sp³-hybridized carbons (Fsp3) is 0.222. The van der Waals surface area contributed by atoms with Gasteiger partial charge in [-0.3, -0.25) is 9.98 Å². The molecule has 0 unspecified atom stereocenters. The van der Waals surface area contributed by atoms with Crippen LogP contribution >= 0.6 is 0 Å². The first-order chi connectivity index (χ1) is 11.6. The number of ether oxygens (including phenoxy) is 2. The first kappa shape index (κ1) is 20.5. The van der Waals surface area contributed by atoms with Gasteiger partial charge in [0.2, 0.25) is 0 Å². The van der Waals surface area contributed by atoms with Crippen molar-refractivity contribution in [2.45, 2.75) is 0 Å². The van der Waals surface area contributed by atoms with Gasteiger partial charge in [0.25, 0.3) is 0 Å². The summed E-state index contributed by atoms with van der Waals surface area (Å²) in [4.78, 5) is 8.32. The standard InChI is InChI=1S/C18H20N2O4.Ni/c1-23-15-5-3-13(17(21)9-15)11-19-7-8-20-12-14-4-6-16(24-2)10-18(14)22;/h3-6,9-12,21-22H,7-8H2,1-2H3;/q;+2/p-2. The van der Waals surface area contributed by atoms with E-state index in [-0.39, 0.29) is 28.0 Å². The Morgan fingerprint density at radius 3 is 1.52 bits per heavy atom. The summed E-state index contributed by atoms with van der Waals surface area (Å²) in [5.74, 6) is 0.760. The van der Waals surface area contributed by atoms with Crippen molar-refractivity contribution in [3.63, 3.8) is 0 Å². The van der Waals surface area contributed by atoms with Gasteiger partial charge in [0.05, 0.1) is 27.3 Å². The van der Waals surface area contributed by atoms with Crippen molar-refractivity contribution in [1.29, 1.82) is 0 Å². The zero-order valence-electron chi connectivity index (χ0n) is 13.9. The van der Waals surface area contributed by atoms with Gasteiger partial charge in [-0.25, -0.2) is 0 Å². The summed E-state index contributed by atoms with van der Waals surface area (Å²) >= 11 is 0. The zero-order chi connectivity index (χ0) is 17.4. The molecule has 0 heterocycles. The van der Waals surface area contributed by atoms with Crippen LogP contribution in [0.4, 0.5) is 0 Å². The van der Waals surface area contributed by atoms with E-state index in [1.807, 2.05) is 0 Å². The number of hydrogen-bond donors (Lipinski definition) is 0. The number of nitrogens with zero attached hydrogens (tertiary/aromatic N) is 2. The Hall–Kier alpha value is -2.53. The van der Waals surface area contributed by atoms with Crippen molar-refractivity contribution in [3.8, 4) is 23.0 Å². The number of aliphatic imine (C=N–C) groups is 2. The van der Waals surface area contributed by atoms with Gasteiger partial charge >= 0.3 is 16.5 Å². The van der Waals surface area contributed by atoms with Gasteiger partial charge < -0.3 is 19.7 Å². The van der Waals surface area contributed by atoms with E-state index in [1.165, 1.54) is 38.8 Å². The smallest absolute Gasteiger partial charge is 0.872 e. The number of methoxy groups -OCH3 is 2. The molecule has 6 nitrogen and oxygen atoms in total. The Balaban J connectivity index is 0.00000312. The van der Waals surface area contributed by atoms with E-state index >= 15 is 0 Å². The first-order valence-electron chi connectivity index (χ1n) is 7.34. The molecule has 0 N–H and O–H groups in total. The molecular formula is C18H18N2NiO4. The third-order valence-corrected chi connectivity index (χ3v) is 3.26. The minimum atomic E-state index is -0.143. The van der Waals surface area contributed by atoms with E-state index < -0.39 is 0 Å². The predicted molar refractivity (Wildman–Crippen MR) is 89.8 cm³/mol. The topological polar surface area (TPSA) is 89.3 Å². The van der Waals surface area contributed by atoms with E-state index in [0.29, 0.717) is 35.7 Å². The van der Waals surface area contributed by atoms with Gasteiger partial charge in [-0.2, -0.15) is 0 Å². The fourth-order valence-corrected chi connectivity index (χ4v) is 1.94. The van der Waals surface area contributed by atoms with E-state index in [9.17, 15) is 10.2 Å². The molecule has 0 amide bonds. The maximum atomic E-state index is 11.7. The second-order valence-corrected chi connectivity index (χ2v) is 4.88. The molecule has 0 fully saturated rings. The molecule has 7 heteroatoms. The molecule has 0 aromatic heterocycles. The third-order valence-electron chi connectivity index (χ3n) is 3.26. The molecule has 0 bridgehead atoms. The summed E-state index contributed by atoms with van der Waals surface area (Å²) in [6.07, 6.45) is 3.04. The fourth-order valence-electron chi connectivity index (χ4n) is 1.94. The van der Waals surface area contributed by atoms with E-state index in [0.717, 1.165) is 0 Å². The van der Waals surface area contributed by atoms with Crippen LogP contribution in [0.1, 0.15) is 11.1 Å². The second kappa shape index (κ2) is 10.4. The summed E-state index contributed by atoms with van der Waals surface area (Å²) in [6.45, 7) is 0.846. The van der Waals surface area contributed by atoms with Crippen LogP contribution in [0, 0.1) is 0 Å². The largest absolute Gasteiger partial charge is 2.00 e. The molecule has 0 aliphatic carbocycles. The van der Waals surface area contributed by atoms with Crippen molar-refractivity contribution in [3.05, 3.63) is 47.5 Å².